The van der Waals surface area contributed by atoms with E-state index in [1.54, 1.807) is 30.1 Å². The van der Waals surface area contributed by atoms with Crippen LogP contribution in [0.15, 0.2) is 61.1 Å². The van der Waals surface area contributed by atoms with Crippen LogP contribution in [0.3, 0.4) is 0 Å². The highest BCUT2D eigenvalue weighted by Gasteiger charge is 2.49. The molecule has 0 unspecified atom stereocenters. The molecule has 0 spiro atoms. The van der Waals surface area contributed by atoms with Crippen molar-refractivity contribution in [3.05, 3.63) is 77.9 Å². The normalized spacial score (nSPS) is 13.7. The molecule has 0 fully saturated rings. The van der Waals surface area contributed by atoms with Gasteiger partial charge in [0, 0.05) is 51.0 Å². The number of amides is 2. The summed E-state index contributed by atoms with van der Waals surface area (Å²) < 4.78 is 6.01. The molecule has 42 heavy (non-hydrogen) atoms. The van der Waals surface area contributed by atoms with Crippen molar-refractivity contribution in [2.24, 2.45) is 5.41 Å². The summed E-state index contributed by atoms with van der Waals surface area (Å²) in [6.45, 7) is 5.92. The number of fused-ring (bicyclic) bond motifs is 1. The van der Waals surface area contributed by atoms with Gasteiger partial charge in [0.15, 0.2) is 0 Å². The zero-order chi connectivity index (χ0) is 27.8. The summed E-state index contributed by atoms with van der Waals surface area (Å²) in [5.74, 6) is 0.362. The first-order valence-electron chi connectivity index (χ1n) is 13.8. The number of hydrogen-bond donors (Lipinski definition) is 1. The SMILES string of the molecule is CCC1(CC)C(=O)N(C)c2ccc(OCCCNCc3ccnc(CCc4cccnc4)c3)cc2N(C)C1=O.Cl.Cl.Cl. The Kier molecular flexibility index (Phi) is 15.3. The summed E-state index contributed by atoms with van der Waals surface area (Å²) >= 11 is 0. The smallest absolute Gasteiger partial charge is 0.242 e. The number of ether oxygens (including phenoxy) is 1. The fourth-order valence-electron chi connectivity index (χ4n) is 5.17. The van der Waals surface area contributed by atoms with Crippen molar-refractivity contribution >= 4 is 60.4 Å². The maximum atomic E-state index is 13.4. The summed E-state index contributed by atoms with van der Waals surface area (Å²) in [5, 5.41) is 3.48. The number of carbonyl (C=O) groups is 2. The average molecular weight is 639 g/mol. The summed E-state index contributed by atoms with van der Waals surface area (Å²) in [6, 6.07) is 13.8. The molecule has 230 valence electrons. The van der Waals surface area contributed by atoms with Gasteiger partial charge >= 0.3 is 0 Å². The molecule has 1 aliphatic rings. The van der Waals surface area contributed by atoms with Crippen LogP contribution in [0.25, 0.3) is 0 Å². The molecule has 0 aliphatic carbocycles. The maximum absolute atomic E-state index is 13.4. The van der Waals surface area contributed by atoms with Crippen LogP contribution < -0.4 is 19.9 Å². The van der Waals surface area contributed by atoms with Crippen LogP contribution in [-0.2, 0) is 29.0 Å². The number of nitrogens with one attached hydrogen (secondary N) is 1. The molecule has 1 N–H and O–H groups in total. The second kappa shape index (κ2) is 17.3. The van der Waals surface area contributed by atoms with Crippen molar-refractivity contribution in [1.29, 1.82) is 0 Å². The third-order valence-electron chi connectivity index (χ3n) is 7.67. The molecule has 4 rings (SSSR count). The lowest BCUT2D eigenvalue weighted by molar-refractivity contribution is -0.140. The predicted molar refractivity (Wildman–Crippen MR) is 176 cm³/mol. The van der Waals surface area contributed by atoms with Crippen molar-refractivity contribution in [2.75, 3.05) is 37.0 Å². The van der Waals surface area contributed by atoms with E-state index in [4.69, 9.17) is 4.74 Å². The summed E-state index contributed by atoms with van der Waals surface area (Å²) in [6.07, 6.45) is 9.13. The van der Waals surface area contributed by atoms with Gasteiger partial charge in [-0.2, -0.15) is 0 Å². The molecule has 8 nitrogen and oxygen atoms in total. The van der Waals surface area contributed by atoms with Gasteiger partial charge in [0.25, 0.3) is 0 Å². The zero-order valence-corrected chi connectivity index (χ0v) is 27.1. The minimum Gasteiger partial charge on any atom is -0.493 e. The van der Waals surface area contributed by atoms with Crippen LogP contribution in [-0.4, -0.2) is 49.0 Å². The van der Waals surface area contributed by atoms with E-state index in [-0.39, 0.29) is 49.0 Å². The van der Waals surface area contributed by atoms with Crippen LogP contribution >= 0.6 is 37.2 Å². The highest BCUT2D eigenvalue weighted by Crippen LogP contribution is 2.42. The van der Waals surface area contributed by atoms with E-state index in [1.807, 2.05) is 56.6 Å². The van der Waals surface area contributed by atoms with Gasteiger partial charge in [-0.15, -0.1) is 37.2 Å². The lowest BCUT2D eigenvalue weighted by Crippen LogP contribution is -2.49. The number of carbonyl (C=O) groups excluding carboxylic acids is 2. The molecule has 3 aromatic rings. The summed E-state index contributed by atoms with van der Waals surface area (Å²) in [7, 11) is 3.48. The van der Waals surface area contributed by atoms with E-state index in [1.165, 1.54) is 11.1 Å². The molecule has 3 heterocycles. The highest BCUT2D eigenvalue weighted by molar-refractivity contribution is 6.20. The quantitative estimate of drug-likeness (QED) is 0.198. The first-order valence-corrected chi connectivity index (χ1v) is 13.8. The number of nitrogens with zero attached hydrogens (tertiary/aromatic N) is 4. The van der Waals surface area contributed by atoms with Crippen molar-refractivity contribution in [3.63, 3.8) is 0 Å². The largest absolute Gasteiger partial charge is 0.493 e. The van der Waals surface area contributed by atoms with E-state index in [2.05, 4.69) is 27.4 Å². The van der Waals surface area contributed by atoms with Crippen LogP contribution in [0.4, 0.5) is 11.4 Å². The number of rotatable bonds is 12. The minimum absolute atomic E-state index is 0. The van der Waals surface area contributed by atoms with E-state index >= 15 is 0 Å². The Morgan fingerprint density at radius 2 is 1.57 bits per heavy atom. The van der Waals surface area contributed by atoms with Gasteiger partial charge in [-0.05, 0) is 80.1 Å². The number of hydrogen-bond acceptors (Lipinski definition) is 6. The number of aromatic nitrogens is 2. The Bertz CT molecular complexity index is 1290. The number of aryl methyl sites for hydroxylation is 2. The van der Waals surface area contributed by atoms with Gasteiger partial charge < -0.3 is 19.9 Å². The lowest BCUT2D eigenvalue weighted by Gasteiger charge is -2.31. The zero-order valence-electron chi connectivity index (χ0n) is 24.7. The Labute approximate surface area is 267 Å². The third-order valence-corrected chi connectivity index (χ3v) is 7.67. The van der Waals surface area contributed by atoms with E-state index in [9.17, 15) is 9.59 Å². The van der Waals surface area contributed by atoms with Gasteiger partial charge in [0.2, 0.25) is 11.8 Å². The van der Waals surface area contributed by atoms with E-state index in [0.717, 1.165) is 38.0 Å². The third kappa shape index (κ3) is 8.34. The molecule has 0 saturated heterocycles. The average Bonchev–Trinajstić information content (AvgIpc) is 3.03. The molecule has 0 atom stereocenters. The first-order chi connectivity index (χ1) is 18.9. The molecule has 0 radical (unpaired) electrons. The van der Waals surface area contributed by atoms with Crippen molar-refractivity contribution in [1.82, 2.24) is 15.3 Å². The van der Waals surface area contributed by atoms with Crippen LogP contribution in [0.1, 0.15) is 49.9 Å². The van der Waals surface area contributed by atoms with Crippen molar-refractivity contribution in [2.45, 2.75) is 52.5 Å². The molecular formula is C31H42Cl3N5O3. The second-order valence-electron chi connectivity index (χ2n) is 10.1. The fraction of sp³-hybridized carbons (Fsp3) is 0.419. The number of halogens is 3. The molecule has 1 aliphatic heterocycles. The van der Waals surface area contributed by atoms with Crippen molar-refractivity contribution in [3.8, 4) is 5.75 Å². The summed E-state index contributed by atoms with van der Waals surface area (Å²) in [5.41, 5.74) is 3.86. The number of anilines is 2. The van der Waals surface area contributed by atoms with Gasteiger partial charge in [-0.3, -0.25) is 19.6 Å². The van der Waals surface area contributed by atoms with E-state index < -0.39 is 5.41 Å². The Morgan fingerprint density at radius 3 is 2.24 bits per heavy atom. The lowest BCUT2D eigenvalue weighted by atomic mass is 9.79. The van der Waals surface area contributed by atoms with Gasteiger partial charge in [-0.25, -0.2) is 0 Å². The Morgan fingerprint density at radius 1 is 0.857 bits per heavy atom. The van der Waals surface area contributed by atoms with Gasteiger partial charge in [-0.1, -0.05) is 19.9 Å². The molecule has 0 saturated carbocycles. The molecular weight excluding hydrogens is 597 g/mol. The monoisotopic (exact) mass is 637 g/mol. The van der Waals surface area contributed by atoms with Crippen LogP contribution in [0.2, 0.25) is 0 Å². The highest BCUT2D eigenvalue weighted by atomic mass is 35.5. The molecule has 1 aromatic carbocycles. The van der Waals surface area contributed by atoms with Gasteiger partial charge in [0.1, 0.15) is 11.2 Å². The minimum atomic E-state index is -1.04. The second-order valence-corrected chi connectivity index (χ2v) is 10.1. The van der Waals surface area contributed by atoms with Crippen LogP contribution in [0.5, 0.6) is 5.75 Å². The number of pyridine rings is 2. The standard InChI is InChI=1S/C31H39N5O3.3ClH/c1-5-31(6-2)29(37)35(3)27-13-12-26(20-28(27)36(4)30(31)38)39-18-8-16-33-22-24-14-17-34-25(19-24)11-10-23-9-7-15-32-21-23;;;/h7,9,12-15,17,19-21,33H,5-6,8,10-11,16,18,22H2,1-4H3;3*1H. The predicted octanol–water partition coefficient (Wildman–Crippen LogP) is 5.83. The fourth-order valence-corrected chi connectivity index (χ4v) is 5.17. The Balaban J connectivity index is 0.00000294. The first kappa shape index (κ1) is 37.1. The van der Waals surface area contributed by atoms with E-state index in [0.29, 0.717) is 36.6 Å². The molecule has 2 aromatic heterocycles. The Hall–Kier alpha value is -2.91. The number of benzene rings is 1. The molecule has 0 bridgehead atoms. The van der Waals surface area contributed by atoms with Crippen LogP contribution in [0, 0.1) is 5.41 Å². The molecule has 11 heteroatoms. The van der Waals surface area contributed by atoms with Crippen molar-refractivity contribution < 1.29 is 14.3 Å². The molecule has 2 amide bonds. The van der Waals surface area contributed by atoms with Gasteiger partial charge in [0.05, 0.1) is 18.0 Å². The summed E-state index contributed by atoms with van der Waals surface area (Å²) in [4.78, 5) is 38.5. The maximum Gasteiger partial charge on any atom is 0.242 e. The topological polar surface area (TPSA) is 87.7 Å².